The van der Waals surface area contributed by atoms with E-state index in [1.807, 2.05) is 20.8 Å². The molecule has 0 aliphatic heterocycles. The van der Waals surface area contributed by atoms with Crippen LogP contribution in [0.15, 0.2) is 0 Å². The highest BCUT2D eigenvalue weighted by atomic mass is 15.4. The van der Waals surface area contributed by atoms with Crippen LogP contribution in [0.1, 0.15) is 39.7 Å². The van der Waals surface area contributed by atoms with Crippen LogP contribution in [0.4, 0.5) is 11.6 Å². The lowest BCUT2D eigenvalue weighted by Crippen LogP contribution is -2.25. The third-order valence-electron chi connectivity index (χ3n) is 2.21. The van der Waals surface area contributed by atoms with Crippen LogP contribution in [0.2, 0.25) is 0 Å². The van der Waals surface area contributed by atoms with Crippen molar-refractivity contribution >= 4 is 11.6 Å². The summed E-state index contributed by atoms with van der Waals surface area (Å²) in [4.78, 5) is 0. The maximum absolute atomic E-state index is 9.05. The molecule has 0 bridgehead atoms. The quantitative estimate of drug-likeness (QED) is 0.817. The van der Waals surface area contributed by atoms with E-state index >= 15 is 0 Å². The lowest BCUT2D eigenvalue weighted by atomic mass is 10.1. The molecule has 0 saturated heterocycles. The van der Waals surface area contributed by atoms with Gasteiger partial charge in [0.25, 0.3) is 0 Å². The fraction of sp³-hybridized carbons (Fsp3) is 0.636. The fourth-order valence-corrected chi connectivity index (χ4v) is 1.42. The van der Waals surface area contributed by atoms with Crippen LogP contribution in [-0.2, 0) is 5.54 Å². The van der Waals surface area contributed by atoms with Crippen molar-refractivity contribution in [1.29, 1.82) is 5.26 Å². The first-order chi connectivity index (χ1) is 7.41. The summed E-state index contributed by atoms with van der Waals surface area (Å²) in [5.41, 5.74) is 6.12. The fourth-order valence-electron chi connectivity index (χ4n) is 1.42. The Morgan fingerprint density at radius 1 is 1.50 bits per heavy atom. The minimum absolute atomic E-state index is 0.220. The van der Waals surface area contributed by atoms with Crippen LogP contribution in [-0.4, -0.2) is 16.3 Å². The van der Waals surface area contributed by atoms with Gasteiger partial charge in [-0.05, 0) is 27.2 Å². The molecule has 1 aromatic heterocycles. The van der Waals surface area contributed by atoms with Gasteiger partial charge in [-0.25, -0.2) is 4.68 Å². The zero-order chi connectivity index (χ0) is 12.3. The minimum Gasteiger partial charge on any atom is -0.383 e. The van der Waals surface area contributed by atoms with Gasteiger partial charge in [0.05, 0.1) is 5.54 Å². The van der Waals surface area contributed by atoms with Crippen LogP contribution in [0.3, 0.4) is 0 Å². The minimum atomic E-state index is -0.220. The van der Waals surface area contributed by atoms with Gasteiger partial charge in [-0.15, -0.1) is 0 Å². The number of rotatable bonds is 3. The number of nitrogens with one attached hydrogen (secondary N) is 1. The van der Waals surface area contributed by atoms with Crippen molar-refractivity contribution in [3.8, 4) is 6.07 Å². The summed E-state index contributed by atoms with van der Waals surface area (Å²) in [6.07, 6.45) is 0.979. The lowest BCUT2D eigenvalue weighted by molar-refractivity contribution is 0.362. The van der Waals surface area contributed by atoms with Gasteiger partial charge in [0.2, 0.25) is 0 Å². The molecule has 0 amide bonds. The second kappa shape index (κ2) is 4.44. The molecule has 0 atom stereocenters. The van der Waals surface area contributed by atoms with Crippen molar-refractivity contribution in [2.24, 2.45) is 0 Å². The molecule has 88 valence electrons. The Labute approximate surface area is 96.2 Å². The van der Waals surface area contributed by atoms with E-state index < -0.39 is 0 Å². The Morgan fingerprint density at radius 2 is 2.12 bits per heavy atom. The summed E-state index contributed by atoms with van der Waals surface area (Å²) in [7, 11) is 0. The van der Waals surface area contributed by atoms with Gasteiger partial charge in [0.15, 0.2) is 5.82 Å². The van der Waals surface area contributed by atoms with E-state index in [1.165, 1.54) is 0 Å². The topological polar surface area (TPSA) is 79.7 Å². The van der Waals surface area contributed by atoms with Gasteiger partial charge in [-0.2, -0.15) is 10.4 Å². The summed E-state index contributed by atoms with van der Waals surface area (Å²) in [6, 6.07) is 2.09. The van der Waals surface area contributed by atoms with Crippen molar-refractivity contribution in [1.82, 2.24) is 9.78 Å². The average Bonchev–Trinajstić information content (AvgIpc) is 2.51. The van der Waals surface area contributed by atoms with Gasteiger partial charge in [-0.1, -0.05) is 6.92 Å². The zero-order valence-electron chi connectivity index (χ0n) is 10.3. The molecule has 0 fully saturated rings. The number of nitrogens with zero attached hydrogens (tertiary/aromatic N) is 3. The summed E-state index contributed by atoms with van der Waals surface area (Å²) < 4.78 is 1.68. The Morgan fingerprint density at radius 3 is 2.56 bits per heavy atom. The number of hydrogen-bond acceptors (Lipinski definition) is 4. The molecule has 0 aliphatic carbocycles. The first-order valence-electron chi connectivity index (χ1n) is 5.44. The van der Waals surface area contributed by atoms with Gasteiger partial charge in [0, 0.05) is 6.54 Å². The van der Waals surface area contributed by atoms with Crippen molar-refractivity contribution in [2.45, 2.75) is 39.7 Å². The predicted molar refractivity (Wildman–Crippen MR) is 65.1 cm³/mol. The van der Waals surface area contributed by atoms with E-state index in [0.29, 0.717) is 17.2 Å². The van der Waals surface area contributed by atoms with Crippen molar-refractivity contribution in [3.05, 3.63) is 5.56 Å². The van der Waals surface area contributed by atoms with E-state index in [9.17, 15) is 0 Å². The molecule has 0 unspecified atom stereocenters. The molecule has 0 aromatic carbocycles. The van der Waals surface area contributed by atoms with Gasteiger partial charge in [-0.3, -0.25) is 0 Å². The largest absolute Gasteiger partial charge is 0.383 e. The lowest BCUT2D eigenvalue weighted by Gasteiger charge is -2.20. The summed E-state index contributed by atoms with van der Waals surface area (Å²) in [6.45, 7) is 8.85. The Balaban J connectivity index is 3.16. The van der Waals surface area contributed by atoms with E-state index in [4.69, 9.17) is 11.0 Å². The van der Waals surface area contributed by atoms with Crippen LogP contribution in [0, 0.1) is 11.3 Å². The third kappa shape index (κ3) is 2.27. The van der Waals surface area contributed by atoms with E-state index in [1.54, 1.807) is 4.68 Å². The molecular formula is C11H19N5. The number of nitrogen functional groups attached to an aromatic ring is 1. The molecule has 16 heavy (non-hydrogen) atoms. The summed E-state index contributed by atoms with van der Waals surface area (Å²) in [5.74, 6) is 1.00. The van der Waals surface area contributed by atoms with Crippen LogP contribution >= 0.6 is 0 Å². The summed E-state index contributed by atoms with van der Waals surface area (Å²) >= 11 is 0. The number of aromatic nitrogens is 2. The highest BCUT2D eigenvalue weighted by Gasteiger charge is 2.22. The summed E-state index contributed by atoms with van der Waals surface area (Å²) in [5, 5.41) is 16.5. The van der Waals surface area contributed by atoms with E-state index in [2.05, 4.69) is 23.4 Å². The zero-order valence-corrected chi connectivity index (χ0v) is 10.3. The molecular weight excluding hydrogens is 202 g/mol. The van der Waals surface area contributed by atoms with Crippen molar-refractivity contribution in [3.63, 3.8) is 0 Å². The van der Waals surface area contributed by atoms with Crippen LogP contribution in [0.25, 0.3) is 0 Å². The third-order valence-corrected chi connectivity index (χ3v) is 2.21. The Hall–Kier alpha value is -1.70. The van der Waals surface area contributed by atoms with E-state index in [0.717, 1.165) is 13.0 Å². The predicted octanol–water partition coefficient (Wildman–Crippen LogP) is 1.91. The molecule has 1 aromatic rings. The molecule has 5 nitrogen and oxygen atoms in total. The van der Waals surface area contributed by atoms with E-state index in [-0.39, 0.29) is 5.54 Å². The highest BCUT2D eigenvalue weighted by molar-refractivity contribution is 5.64. The number of anilines is 2. The number of nitriles is 1. The van der Waals surface area contributed by atoms with Crippen LogP contribution in [0.5, 0.6) is 0 Å². The molecule has 0 radical (unpaired) electrons. The first-order valence-corrected chi connectivity index (χ1v) is 5.44. The van der Waals surface area contributed by atoms with Gasteiger partial charge in [0.1, 0.15) is 17.5 Å². The molecule has 0 spiro atoms. The smallest absolute Gasteiger partial charge is 0.168 e. The first kappa shape index (κ1) is 12.4. The van der Waals surface area contributed by atoms with Crippen LogP contribution < -0.4 is 11.1 Å². The maximum Gasteiger partial charge on any atom is 0.168 e. The average molecular weight is 221 g/mol. The molecule has 0 aliphatic rings. The Bertz CT molecular complexity index is 405. The molecule has 5 heteroatoms. The molecule has 0 saturated carbocycles. The monoisotopic (exact) mass is 221 g/mol. The van der Waals surface area contributed by atoms with Crippen molar-refractivity contribution < 1.29 is 0 Å². The molecule has 1 rings (SSSR count). The normalized spacial score (nSPS) is 11.2. The number of hydrogen-bond donors (Lipinski definition) is 2. The number of nitrogens with two attached hydrogens (primary N) is 1. The second-order valence-corrected chi connectivity index (χ2v) is 4.73. The SMILES string of the molecule is CCCNc1nn(C(C)(C)C)c(N)c1C#N. The maximum atomic E-state index is 9.05. The van der Waals surface area contributed by atoms with Crippen molar-refractivity contribution in [2.75, 3.05) is 17.6 Å². The molecule has 3 N–H and O–H groups in total. The standard InChI is InChI=1S/C11H19N5/c1-5-6-14-10-8(7-12)9(13)16(15-10)11(2,3)4/h5-6,13H2,1-4H3,(H,14,15). The highest BCUT2D eigenvalue weighted by Crippen LogP contribution is 2.26. The Kier molecular flexibility index (Phi) is 3.43. The van der Waals surface area contributed by atoms with Gasteiger partial charge < -0.3 is 11.1 Å². The molecule has 1 heterocycles. The second-order valence-electron chi connectivity index (χ2n) is 4.73. The van der Waals surface area contributed by atoms with Gasteiger partial charge >= 0.3 is 0 Å².